The van der Waals surface area contributed by atoms with Crippen LogP contribution in [-0.2, 0) is 12.5 Å². The van der Waals surface area contributed by atoms with Gasteiger partial charge in [-0.2, -0.15) is 5.10 Å². The molecule has 0 atom stereocenters. The number of phenols is 1. The van der Waals surface area contributed by atoms with Crippen molar-refractivity contribution >= 4 is 5.82 Å². The molecular weight excluding hydrogens is 238 g/mol. The van der Waals surface area contributed by atoms with E-state index in [-0.39, 0.29) is 5.41 Å². The molecule has 19 heavy (non-hydrogen) atoms. The number of aromatic hydroxyl groups is 1. The molecule has 4 nitrogen and oxygen atoms in total. The maximum absolute atomic E-state index is 10.2. The maximum Gasteiger partial charge on any atom is 0.122 e. The molecule has 3 N–H and O–H groups in total. The highest BCUT2D eigenvalue weighted by atomic mass is 16.3. The number of benzene rings is 1. The predicted molar refractivity (Wildman–Crippen MR) is 78.2 cm³/mol. The van der Waals surface area contributed by atoms with Crippen LogP contribution in [0.2, 0.25) is 0 Å². The van der Waals surface area contributed by atoms with Gasteiger partial charge in [-0.3, -0.25) is 4.68 Å². The van der Waals surface area contributed by atoms with Gasteiger partial charge in [0.1, 0.15) is 11.6 Å². The van der Waals surface area contributed by atoms with E-state index in [0.29, 0.717) is 11.6 Å². The number of anilines is 1. The van der Waals surface area contributed by atoms with Gasteiger partial charge in [0.25, 0.3) is 0 Å². The number of hydrogen-bond donors (Lipinski definition) is 2. The summed E-state index contributed by atoms with van der Waals surface area (Å²) in [5.41, 5.74) is 9.28. The normalized spacial score (nSPS) is 11.8. The van der Waals surface area contributed by atoms with Crippen molar-refractivity contribution < 1.29 is 5.11 Å². The summed E-state index contributed by atoms with van der Waals surface area (Å²) in [5.74, 6) is 0.984. The molecule has 0 spiro atoms. The van der Waals surface area contributed by atoms with Gasteiger partial charge in [0.05, 0.1) is 5.69 Å². The van der Waals surface area contributed by atoms with E-state index < -0.39 is 0 Å². The van der Waals surface area contributed by atoms with Crippen molar-refractivity contribution in [3.8, 4) is 17.0 Å². The van der Waals surface area contributed by atoms with Crippen molar-refractivity contribution in [1.82, 2.24) is 9.78 Å². The summed E-state index contributed by atoms with van der Waals surface area (Å²) in [4.78, 5) is 0. The molecule has 0 saturated heterocycles. The fourth-order valence-corrected chi connectivity index (χ4v) is 2.12. The van der Waals surface area contributed by atoms with Gasteiger partial charge in [0.2, 0.25) is 0 Å². The fourth-order valence-electron chi connectivity index (χ4n) is 2.12. The van der Waals surface area contributed by atoms with E-state index in [1.807, 2.05) is 32.2 Å². The van der Waals surface area contributed by atoms with Crippen molar-refractivity contribution in [2.75, 3.05) is 5.73 Å². The van der Waals surface area contributed by atoms with Crippen LogP contribution < -0.4 is 5.73 Å². The highest BCUT2D eigenvalue weighted by molar-refractivity contribution is 5.67. The lowest BCUT2D eigenvalue weighted by Crippen LogP contribution is -2.12. The number of aryl methyl sites for hydroxylation is 2. The number of nitrogens with two attached hydrogens (primary N) is 1. The number of nitrogens with zero attached hydrogens (tertiary/aromatic N) is 2. The second kappa shape index (κ2) is 4.30. The largest absolute Gasteiger partial charge is 0.507 e. The highest BCUT2D eigenvalue weighted by Crippen LogP contribution is 2.36. The second-order valence-corrected chi connectivity index (χ2v) is 6.02. The summed E-state index contributed by atoms with van der Waals surface area (Å²) in [6, 6.07) is 5.77. The Balaban J connectivity index is 2.63. The smallest absolute Gasteiger partial charge is 0.122 e. The van der Waals surface area contributed by atoms with Crippen molar-refractivity contribution in [2.45, 2.75) is 33.1 Å². The van der Waals surface area contributed by atoms with E-state index in [2.05, 4.69) is 25.9 Å². The summed E-state index contributed by atoms with van der Waals surface area (Å²) in [6.45, 7) is 8.15. The molecule has 2 rings (SSSR count). The van der Waals surface area contributed by atoms with E-state index in [1.165, 1.54) is 0 Å². The van der Waals surface area contributed by atoms with Crippen molar-refractivity contribution in [2.24, 2.45) is 7.05 Å². The molecule has 0 aliphatic rings. The van der Waals surface area contributed by atoms with E-state index >= 15 is 0 Å². The lowest BCUT2D eigenvalue weighted by Gasteiger charge is -2.22. The average Bonchev–Trinajstić information content (AvgIpc) is 2.61. The van der Waals surface area contributed by atoms with Crippen LogP contribution in [0.1, 0.15) is 31.9 Å². The van der Waals surface area contributed by atoms with Crippen LogP contribution in [0.4, 0.5) is 5.82 Å². The van der Waals surface area contributed by atoms with Gasteiger partial charge in [-0.15, -0.1) is 0 Å². The zero-order valence-corrected chi connectivity index (χ0v) is 12.2. The standard InChI is InChI=1S/C15H21N3O/c1-9-6-10(12-8-13(16)18(5)17-12)7-11(14(9)19)15(2,3)4/h6-8,19H,16H2,1-5H3. The van der Waals surface area contributed by atoms with Crippen LogP contribution in [0.3, 0.4) is 0 Å². The molecular formula is C15H21N3O. The maximum atomic E-state index is 10.2. The third-order valence-electron chi connectivity index (χ3n) is 3.32. The zero-order chi connectivity index (χ0) is 14.4. The minimum atomic E-state index is -0.120. The molecule has 1 heterocycles. The first-order chi connectivity index (χ1) is 8.70. The van der Waals surface area contributed by atoms with Gasteiger partial charge in [-0.05, 0) is 30.0 Å². The first-order valence-corrected chi connectivity index (χ1v) is 6.34. The number of nitrogen functional groups attached to an aromatic ring is 1. The van der Waals surface area contributed by atoms with Gasteiger partial charge >= 0.3 is 0 Å². The van der Waals surface area contributed by atoms with E-state index in [9.17, 15) is 5.11 Å². The van der Waals surface area contributed by atoms with Crippen LogP contribution in [0, 0.1) is 6.92 Å². The third-order valence-corrected chi connectivity index (χ3v) is 3.32. The monoisotopic (exact) mass is 259 g/mol. The molecule has 4 heteroatoms. The highest BCUT2D eigenvalue weighted by Gasteiger charge is 2.21. The van der Waals surface area contributed by atoms with Gasteiger partial charge in [-0.1, -0.05) is 20.8 Å². The Morgan fingerprint density at radius 3 is 2.32 bits per heavy atom. The zero-order valence-electron chi connectivity index (χ0n) is 12.2. The average molecular weight is 259 g/mol. The lowest BCUT2D eigenvalue weighted by atomic mass is 9.84. The molecule has 0 fully saturated rings. The van der Waals surface area contributed by atoms with Gasteiger partial charge in [-0.25, -0.2) is 0 Å². The number of aromatic nitrogens is 2. The number of rotatable bonds is 1. The molecule has 0 unspecified atom stereocenters. The molecule has 0 saturated carbocycles. The van der Waals surface area contributed by atoms with Crippen LogP contribution in [0.15, 0.2) is 18.2 Å². The first kappa shape index (κ1) is 13.5. The molecule has 0 bridgehead atoms. The van der Waals surface area contributed by atoms with Gasteiger partial charge < -0.3 is 10.8 Å². The van der Waals surface area contributed by atoms with Crippen molar-refractivity contribution in [3.05, 3.63) is 29.3 Å². The number of hydrogen-bond acceptors (Lipinski definition) is 3. The predicted octanol–water partition coefficient (Wildman–Crippen LogP) is 2.98. The van der Waals surface area contributed by atoms with E-state index in [0.717, 1.165) is 22.4 Å². The van der Waals surface area contributed by atoms with Crippen molar-refractivity contribution in [3.63, 3.8) is 0 Å². The lowest BCUT2D eigenvalue weighted by molar-refractivity contribution is 0.443. The van der Waals surface area contributed by atoms with Crippen LogP contribution in [0.5, 0.6) is 5.75 Å². The van der Waals surface area contributed by atoms with Crippen LogP contribution in [-0.4, -0.2) is 14.9 Å². The SMILES string of the molecule is Cc1cc(-c2cc(N)n(C)n2)cc(C(C)(C)C)c1O. The number of phenolic OH excluding ortho intramolecular Hbond substituents is 1. The van der Waals surface area contributed by atoms with E-state index in [1.54, 1.807) is 4.68 Å². The van der Waals surface area contributed by atoms with Gasteiger partial charge in [0, 0.05) is 24.2 Å². The minimum Gasteiger partial charge on any atom is -0.507 e. The molecule has 0 amide bonds. The Bertz CT molecular complexity index is 602. The second-order valence-electron chi connectivity index (χ2n) is 6.02. The molecule has 1 aromatic heterocycles. The molecule has 0 aliphatic carbocycles. The molecule has 1 aromatic carbocycles. The first-order valence-electron chi connectivity index (χ1n) is 6.34. The molecule has 0 aliphatic heterocycles. The van der Waals surface area contributed by atoms with Gasteiger partial charge in [0.15, 0.2) is 0 Å². The Morgan fingerprint density at radius 2 is 1.84 bits per heavy atom. The Kier molecular flexibility index (Phi) is 3.04. The summed E-state index contributed by atoms with van der Waals surface area (Å²) in [7, 11) is 1.82. The van der Waals surface area contributed by atoms with Crippen LogP contribution in [0.25, 0.3) is 11.3 Å². The fraction of sp³-hybridized carbons (Fsp3) is 0.400. The Hall–Kier alpha value is -1.97. The molecule has 2 aromatic rings. The Labute approximate surface area is 113 Å². The van der Waals surface area contributed by atoms with E-state index in [4.69, 9.17) is 5.73 Å². The summed E-state index contributed by atoms with van der Waals surface area (Å²) in [5, 5.41) is 14.6. The minimum absolute atomic E-state index is 0.120. The molecule has 102 valence electrons. The Morgan fingerprint density at radius 1 is 1.21 bits per heavy atom. The summed E-state index contributed by atoms with van der Waals surface area (Å²) in [6.07, 6.45) is 0. The quantitative estimate of drug-likeness (QED) is 0.827. The van der Waals surface area contributed by atoms with Crippen molar-refractivity contribution in [1.29, 1.82) is 0 Å². The van der Waals surface area contributed by atoms with Crippen LogP contribution >= 0.6 is 0 Å². The summed E-state index contributed by atoms with van der Waals surface area (Å²) < 4.78 is 1.65. The molecule has 0 radical (unpaired) electrons. The summed E-state index contributed by atoms with van der Waals surface area (Å²) >= 11 is 0. The third kappa shape index (κ3) is 2.43. The topological polar surface area (TPSA) is 64.1 Å².